The molecule has 2 rings (SSSR count). The van der Waals surface area contributed by atoms with Gasteiger partial charge in [0.25, 0.3) is 11.8 Å². The van der Waals surface area contributed by atoms with Crippen molar-refractivity contribution in [2.75, 3.05) is 24.6 Å². The van der Waals surface area contributed by atoms with Gasteiger partial charge in [0.1, 0.15) is 11.5 Å². The highest BCUT2D eigenvalue weighted by Crippen LogP contribution is 2.62. The monoisotopic (exact) mass is 1250 g/mol. The maximum atomic E-state index is 14.5. The van der Waals surface area contributed by atoms with Gasteiger partial charge in [-0.15, -0.1) is 0 Å². The van der Waals surface area contributed by atoms with Crippen molar-refractivity contribution in [3.05, 3.63) is 57.6 Å². The molecule has 2 aromatic carbocycles. The number of hydrogen-bond donors (Lipinski definition) is 2. The van der Waals surface area contributed by atoms with E-state index in [1.165, 1.54) is 45.9 Å². The maximum absolute atomic E-state index is 14.5. The van der Waals surface area contributed by atoms with E-state index in [-0.39, 0.29) is 70.4 Å². The molecule has 0 bridgehead atoms. The van der Waals surface area contributed by atoms with E-state index < -0.39 is 137 Å². The number of aryl methyl sites for hydroxylation is 3. The van der Waals surface area contributed by atoms with Crippen molar-refractivity contribution in [1.29, 1.82) is 0 Å². The molecular formula is C46H50F26N2O4S2. The van der Waals surface area contributed by atoms with Gasteiger partial charge < -0.3 is 20.1 Å². The van der Waals surface area contributed by atoms with Crippen LogP contribution in [0.5, 0.6) is 11.5 Å². The minimum absolute atomic E-state index is 0.0419. The smallest absolute Gasteiger partial charge is 0.460 e. The lowest BCUT2D eigenvalue weighted by Crippen LogP contribution is -2.70. The van der Waals surface area contributed by atoms with Gasteiger partial charge in [0.15, 0.2) is 12.2 Å². The summed E-state index contributed by atoms with van der Waals surface area (Å²) < 4.78 is 365. The van der Waals surface area contributed by atoms with Gasteiger partial charge in [0, 0.05) is 48.6 Å². The number of nitrogens with one attached hydrogen (secondary N) is 2. The lowest BCUT2D eigenvalue weighted by atomic mass is 9.85. The van der Waals surface area contributed by atoms with Crippen LogP contribution in [0, 0.1) is 13.8 Å². The molecule has 462 valence electrons. The number of thioether (sulfide) groups is 2. The Labute approximate surface area is 447 Å². The molecule has 0 saturated carbocycles. The highest BCUT2D eigenvalue weighted by molar-refractivity contribution is 7.98. The molecule has 0 fully saturated rings. The van der Waals surface area contributed by atoms with Crippen molar-refractivity contribution < 1.29 is 133 Å². The van der Waals surface area contributed by atoms with Gasteiger partial charge in [0.2, 0.25) is 0 Å². The van der Waals surface area contributed by atoms with E-state index >= 15 is 0 Å². The summed E-state index contributed by atoms with van der Waals surface area (Å²) in [6, 6.07) is 5.86. The van der Waals surface area contributed by atoms with Crippen LogP contribution in [0.1, 0.15) is 87.8 Å². The number of carbonyl (C=O) groups excluding carboxylic acids is 2. The molecule has 2 aromatic rings. The molecule has 2 atom stereocenters. The van der Waals surface area contributed by atoms with E-state index in [1.807, 2.05) is 0 Å². The predicted octanol–water partition coefficient (Wildman–Crippen LogP) is 15.4. The average Bonchev–Trinajstić information content (AvgIpc) is 3.30. The highest BCUT2D eigenvalue weighted by atomic mass is 32.2. The molecule has 2 N–H and O–H groups in total. The summed E-state index contributed by atoms with van der Waals surface area (Å²) in [6.07, 6.45) is -22.6. The first-order valence-corrected chi connectivity index (χ1v) is 25.1. The normalized spacial score (nSPS) is 15.2. The molecule has 0 radical (unpaired) electrons. The first kappa shape index (κ1) is 72.0. The Balaban J connectivity index is 2.15. The molecule has 0 aliphatic rings. The minimum atomic E-state index is -8.05. The first-order valence-electron chi connectivity index (χ1n) is 22.8. The fourth-order valence-corrected chi connectivity index (χ4v) is 8.72. The van der Waals surface area contributed by atoms with Gasteiger partial charge in [-0.2, -0.15) is 138 Å². The third-order valence-electron chi connectivity index (χ3n) is 11.7. The standard InChI is InChI=1S/C46H50F26N2O4S2/c1-9-26-16-22(2)30(27(18-26)20-79-14-10-35(47,48)37(51,52)39(55,56)41(59,60)43(63,64)45(67,68)69)77-24(4)32(75)73-12-13-74-33(76)25(5)78-31-23(3)17-29(34(6,7)8)19-28(31)21-80-15-11-36(49,50)38(53,54)40(57,58)42(61,62)44(65,66)46(70,71)72/h16-19,24-25H,9-15,20-21H2,1-8H3,(H,73,75)(H,74,76). The van der Waals surface area contributed by atoms with Crippen molar-refractivity contribution in [1.82, 2.24) is 10.6 Å². The van der Waals surface area contributed by atoms with Crippen LogP contribution in [0.4, 0.5) is 114 Å². The number of benzene rings is 2. The van der Waals surface area contributed by atoms with E-state index in [2.05, 4.69) is 10.6 Å². The zero-order valence-electron chi connectivity index (χ0n) is 42.6. The van der Waals surface area contributed by atoms with Crippen LogP contribution in [0.2, 0.25) is 0 Å². The summed E-state index contributed by atoms with van der Waals surface area (Å²) in [4.78, 5) is 26.1. The molecule has 2 unspecified atom stereocenters. The molecule has 0 saturated heterocycles. The Morgan fingerprint density at radius 2 is 0.787 bits per heavy atom. The van der Waals surface area contributed by atoms with E-state index in [0.717, 1.165) is 0 Å². The van der Waals surface area contributed by atoms with Gasteiger partial charge in [-0.25, -0.2) is 0 Å². The lowest BCUT2D eigenvalue weighted by molar-refractivity contribution is -0.439. The molecule has 80 heavy (non-hydrogen) atoms. The van der Waals surface area contributed by atoms with Gasteiger partial charge in [-0.1, -0.05) is 52.0 Å². The highest BCUT2D eigenvalue weighted by Gasteiger charge is 2.92. The Bertz CT molecular complexity index is 2460. The molecule has 0 aliphatic heterocycles. The number of amides is 2. The van der Waals surface area contributed by atoms with Crippen LogP contribution in [0.25, 0.3) is 0 Å². The SMILES string of the molecule is CCc1cc(C)c(OC(C)C(=O)NCCNC(=O)C(C)Oc2c(C)cc(C(C)(C)C)cc2CSCCC(F)(F)C(F)(F)C(F)(F)C(F)(F)C(F)(F)C(F)(F)F)c(CSCCC(F)(F)C(F)(F)C(F)(F)C(F)(F)C(F)(F)C(F)(F)F)c1. The fraction of sp³-hybridized carbons (Fsp3) is 0.696. The second-order valence-corrected chi connectivity index (χ2v) is 21.2. The Kier molecular flexibility index (Phi) is 22.1. The third kappa shape index (κ3) is 14.4. The van der Waals surface area contributed by atoms with Gasteiger partial charge in [0.05, 0.1) is 0 Å². The maximum Gasteiger partial charge on any atom is 0.460 e. The second-order valence-electron chi connectivity index (χ2n) is 19.0. The van der Waals surface area contributed by atoms with Crippen molar-refractivity contribution >= 4 is 35.3 Å². The van der Waals surface area contributed by atoms with Crippen LogP contribution >= 0.6 is 23.5 Å². The van der Waals surface area contributed by atoms with Crippen LogP contribution < -0.4 is 20.1 Å². The van der Waals surface area contributed by atoms with Crippen LogP contribution in [-0.4, -0.2) is 120 Å². The topological polar surface area (TPSA) is 76.7 Å². The Hall–Kier alpha value is -4.14. The van der Waals surface area contributed by atoms with Crippen LogP contribution in [0.15, 0.2) is 24.3 Å². The summed E-state index contributed by atoms with van der Waals surface area (Å²) in [5.41, 5.74) is 0.995. The molecule has 0 aromatic heterocycles. The molecule has 34 heteroatoms. The zero-order chi connectivity index (χ0) is 62.9. The summed E-state index contributed by atoms with van der Waals surface area (Å²) in [5, 5.41) is 4.77. The molecular weight excluding hydrogens is 1200 g/mol. The molecule has 0 spiro atoms. The number of rotatable bonds is 28. The molecule has 0 heterocycles. The Morgan fingerprint density at radius 3 is 1.10 bits per heavy atom. The van der Waals surface area contributed by atoms with Crippen molar-refractivity contribution in [3.63, 3.8) is 0 Å². The average molecular weight is 1250 g/mol. The van der Waals surface area contributed by atoms with Crippen molar-refractivity contribution in [2.45, 2.75) is 175 Å². The Morgan fingerprint density at radius 1 is 0.475 bits per heavy atom. The van der Waals surface area contributed by atoms with E-state index in [0.29, 0.717) is 17.5 Å². The number of halogens is 26. The minimum Gasteiger partial charge on any atom is -0.480 e. The number of hydrogen-bond acceptors (Lipinski definition) is 6. The number of ether oxygens (including phenoxy) is 2. The number of carbonyl (C=O) groups is 2. The van der Waals surface area contributed by atoms with Crippen LogP contribution in [-0.2, 0) is 32.9 Å². The summed E-state index contributed by atoms with van der Waals surface area (Å²) in [6.45, 7) is 11.3. The van der Waals surface area contributed by atoms with Crippen LogP contribution in [0.3, 0.4) is 0 Å². The third-order valence-corrected chi connectivity index (χ3v) is 13.7. The van der Waals surface area contributed by atoms with Gasteiger partial charge >= 0.3 is 71.6 Å². The number of alkyl halides is 26. The quantitative estimate of drug-likeness (QED) is 0.0653. The van der Waals surface area contributed by atoms with E-state index in [4.69, 9.17) is 9.47 Å². The summed E-state index contributed by atoms with van der Waals surface area (Å²) in [7, 11) is 0. The van der Waals surface area contributed by atoms with Gasteiger partial charge in [-0.3, -0.25) is 9.59 Å². The molecule has 6 nitrogen and oxygen atoms in total. The molecule has 2 amide bonds. The lowest BCUT2D eigenvalue weighted by Gasteiger charge is -2.39. The summed E-state index contributed by atoms with van der Waals surface area (Å²) in [5.74, 6) is -81.0. The second kappa shape index (κ2) is 24.6. The van der Waals surface area contributed by atoms with E-state index in [9.17, 15) is 124 Å². The predicted molar refractivity (Wildman–Crippen MR) is 240 cm³/mol. The fourth-order valence-electron chi connectivity index (χ4n) is 6.77. The van der Waals surface area contributed by atoms with Gasteiger partial charge in [-0.05, 0) is 73.3 Å². The summed E-state index contributed by atoms with van der Waals surface area (Å²) >= 11 is 0.503. The van der Waals surface area contributed by atoms with Crippen molar-refractivity contribution in [3.8, 4) is 11.5 Å². The molecule has 0 aliphatic carbocycles. The largest absolute Gasteiger partial charge is 0.480 e. The first-order chi connectivity index (χ1) is 35.6. The van der Waals surface area contributed by atoms with E-state index in [1.54, 1.807) is 33.8 Å². The zero-order valence-corrected chi connectivity index (χ0v) is 44.2. The van der Waals surface area contributed by atoms with Crippen molar-refractivity contribution in [2.24, 2.45) is 0 Å².